The van der Waals surface area contributed by atoms with Crippen LogP contribution >= 0.6 is 0 Å². The molecule has 0 aliphatic carbocycles. The van der Waals surface area contributed by atoms with E-state index >= 15 is 0 Å². The summed E-state index contributed by atoms with van der Waals surface area (Å²) >= 11 is 0. The Bertz CT molecular complexity index is 1120. The highest BCUT2D eigenvalue weighted by atomic mass is 19.1. The second kappa shape index (κ2) is 7.99. The van der Waals surface area contributed by atoms with E-state index < -0.39 is 28.7 Å². The molecule has 1 heterocycles. The predicted octanol–water partition coefficient (Wildman–Crippen LogP) is 1.67. The van der Waals surface area contributed by atoms with Gasteiger partial charge in [0.2, 0.25) is 5.69 Å². The Morgan fingerprint density at radius 3 is 2.36 bits per heavy atom. The Kier molecular flexibility index (Phi) is 5.49. The van der Waals surface area contributed by atoms with Gasteiger partial charge in [-0.25, -0.2) is 9.18 Å². The minimum atomic E-state index is -0.824. The van der Waals surface area contributed by atoms with E-state index in [0.717, 1.165) is 9.25 Å². The average molecular weight is 382 g/mol. The molecule has 3 rings (SSSR count). The molecular formula is C20H19FN4O3. The highest BCUT2D eigenvalue weighted by molar-refractivity contribution is 5.91. The van der Waals surface area contributed by atoms with Gasteiger partial charge in [0.1, 0.15) is 11.5 Å². The first kappa shape index (κ1) is 19.2. The van der Waals surface area contributed by atoms with Crippen LogP contribution in [0.15, 0.2) is 64.2 Å². The zero-order valence-electron chi connectivity index (χ0n) is 15.5. The van der Waals surface area contributed by atoms with Crippen LogP contribution < -0.4 is 11.2 Å². The van der Waals surface area contributed by atoms with E-state index in [-0.39, 0.29) is 12.2 Å². The molecule has 0 bridgehead atoms. The molecule has 2 aromatic carbocycles. The lowest BCUT2D eigenvalue weighted by Crippen LogP contribution is -2.46. The van der Waals surface area contributed by atoms with Crippen LogP contribution in [0.2, 0.25) is 0 Å². The van der Waals surface area contributed by atoms with Crippen molar-refractivity contribution in [2.24, 2.45) is 0 Å². The van der Waals surface area contributed by atoms with Gasteiger partial charge in [0.15, 0.2) is 0 Å². The molecule has 1 amide bonds. The predicted molar refractivity (Wildman–Crippen MR) is 102 cm³/mol. The van der Waals surface area contributed by atoms with Crippen molar-refractivity contribution in [3.63, 3.8) is 0 Å². The van der Waals surface area contributed by atoms with Crippen molar-refractivity contribution in [1.29, 1.82) is 0 Å². The van der Waals surface area contributed by atoms with Crippen molar-refractivity contribution < 1.29 is 9.18 Å². The summed E-state index contributed by atoms with van der Waals surface area (Å²) in [6.45, 7) is 2.02. The van der Waals surface area contributed by atoms with Crippen molar-refractivity contribution in [3.8, 4) is 5.69 Å². The summed E-state index contributed by atoms with van der Waals surface area (Å²) in [5.74, 6) is -1.33. The van der Waals surface area contributed by atoms with Gasteiger partial charge in [0.05, 0.1) is 6.54 Å². The molecule has 0 fully saturated rings. The average Bonchev–Trinajstić information content (AvgIpc) is 2.71. The van der Waals surface area contributed by atoms with Crippen molar-refractivity contribution in [1.82, 2.24) is 19.2 Å². The van der Waals surface area contributed by atoms with Crippen LogP contribution in [0.25, 0.3) is 5.69 Å². The van der Waals surface area contributed by atoms with E-state index in [2.05, 4.69) is 5.10 Å². The Hall–Kier alpha value is -3.55. The molecule has 28 heavy (non-hydrogen) atoms. The first-order valence-corrected chi connectivity index (χ1v) is 8.72. The van der Waals surface area contributed by atoms with Crippen LogP contribution in [-0.2, 0) is 6.54 Å². The van der Waals surface area contributed by atoms with E-state index in [4.69, 9.17) is 0 Å². The molecule has 0 spiro atoms. The Balaban J connectivity index is 2.27. The van der Waals surface area contributed by atoms with Crippen LogP contribution in [0.1, 0.15) is 23.0 Å². The van der Waals surface area contributed by atoms with Crippen molar-refractivity contribution >= 4 is 5.91 Å². The number of hydrogen-bond acceptors (Lipinski definition) is 4. The van der Waals surface area contributed by atoms with Gasteiger partial charge in [-0.3, -0.25) is 14.2 Å². The van der Waals surface area contributed by atoms with Gasteiger partial charge in [-0.05, 0) is 24.6 Å². The zero-order valence-corrected chi connectivity index (χ0v) is 15.5. The van der Waals surface area contributed by atoms with Crippen LogP contribution in [-0.4, -0.2) is 38.7 Å². The van der Waals surface area contributed by atoms with E-state index in [9.17, 15) is 18.8 Å². The Morgan fingerprint density at radius 2 is 1.71 bits per heavy atom. The summed E-state index contributed by atoms with van der Waals surface area (Å²) in [6, 6.07) is 14.4. The van der Waals surface area contributed by atoms with Crippen molar-refractivity contribution in [2.75, 3.05) is 13.6 Å². The number of benzene rings is 2. The fraction of sp³-hybridized carbons (Fsp3) is 0.200. The van der Waals surface area contributed by atoms with E-state index in [1.165, 1.54) is 30.1 Å². The molecular weight excluding hydrogens is 363 g/mol. The van der Waals surface area contributed by atoms with E-state index in [1.54, 1.807) is 37.3 Å². The Labute approximate surface area is 160 Å². The summed E-state index contributed by atoms with van der Waals surface area (Å²) in [4.78, 5) is 39.7. The molecule has 8 heteroatoms. The van der Waals surface area contributed by atoms with Crippen molar-refractivity contribution in [2.45, 2.75) is 13.5 Å². The lowest BCUT2D eigenvalue weighted by molar-refractivity contribution is 0.0791. The van der Waals surface area contributed by atoms with Crippen LogP contribution in [0.5, 0.6) is 0 Å². The highest BCUT2D eigenvalue weighted by Crippen LogP contribution is 2.09. The third kappa shape index (κ3) is 3.62. The maximum atomic E-state index is 14.3. The maximum Gasteiger partial charge on any atom is 0.352 e. The molecule has 0 aliphatic rings. The molecule has 0 N–H and O–H groups in total. The van der Waals surface area contributed by atoms with Gasteiger partial charge >= 0.3 is 5.69 Å². The van der Waals surface area contributed by atoms with Crippen LogP contribution in [0, 0.1) is 5.82 Å². The minimum absolute atomic E-state index is 0.0639. The van der Waals surface area contributed by atoms with Gasteiger partial charge < -0.3 is 4.90 Å². The SMILES string of the molecule is CCN(C)C(=O)c1nn(-c2ccccc2F)c(=O)n(Cc2ccccc2)c1=O. The van der Waals surface area contributed by atoms with Gasteiger partial charge in [0, 0.05) is 13.6 Å². The summed E-state index contributed by atoms with van der Waals surface area (Å²) in [6.07, 6.45) is 0. The summed E-state index contributed by atoms with van der Waals surface area (Å²) in [7, 11) is 1.52. The molecule has 144 valence electrons. The lowest BCUT2D eigenvalue weighted by atomic mass is 10.2. The van der Waals surface area contributed by atoms with E-state index in [1.807, 2.05) is 6.07 Å². The molecule has 1 aromatic heterocycles. The first-order valence-electron chi connectivity index (χ1n) is 8.72. The quantitative estimate of drug-likeness (QED) is 0.673. The molecule has 0 aliphatic heterocycles. The van der Waals surface area contributed by atoms with Gasteiger partial charge in [-0.15, -0.1) is 0 Å². The molecule has 0 unspecified atom stereocenters. The summed E-state index contributed by atoms with van der Waals surface area (Å²) in [5.41, 5.74) is -1.53. The monoisotopic (exact) mass is 382 g/mol. The fourth-order valence-electron chi connectivity index (χ4n) is 2.66. The number of halogens is 1. The largest absolute Gasteiger partial charge is 0.352 e. The summed E-state index contributed by atoms with van der Waals surface area (Å²) < 4.78 is 15.9. The number of amides is 1. The number of para-hydroxylation sites is 1. The number of carbonyl (C=O) groups excluding carboxylic acids is 1. The minimum Gasteiger partial charge on any atom is -0.340 e. The number of aromatic nitrogens is 3. The molecule has 0 radical (unpaired) electrons. The van der Waals surface area contributed by atoms with Crippen molar-refractivity contribution in [3.05, 3.63) is 92.5 Å². The normalized spacial score (nSPS) is 10.7. The Morgan fingerprint density at radius 1 is 1.07 bits per heavy atom. The third-order valence-corrected chi connectivity index (χ3v) is 4.35. The van der Waals surface area contributed by atoms with Gasteiger partial charge in [-0.1, -0.05) is 42.5 Å². The molecule has 0 atom stereocenters. The lowest BCUT2D eigenvalue weighted by Gasteiger charge is -2.16. The molecule has 7 nitrogen and oxygen atoms in total. The highest BCUT2D eigenvalue weighted by Gasteiger charge is 2.23. The number of rotatable bonds is 5. The third-order valence-electron chi connectivity index (χ3n) is 4.35. The van der Waals surface area contributed by atoms with Crippen LogP contribution in [0.4, 0.5) is 4.39 Å². The number of nitrogens with zero attached hydrogens (tertiary/aromatic N) is 4. The molecule has 0 saturated heterocycles. The fourth-order valence-corrected chi connectivity index (χ4v) is 2.66. The first-order chi connectivity index (χ1) is 13.4. The number of hydrogen-bond donors (Lipinski definition) is 0. The summed E-state index contributed by atoms with van der Waals surface area (Å²) in [5, 5.41) is 3.91. The second-order valence-corrected chi connectivity index (χ2v) is 6.19. The second-order valence-electron chi connectivity index (χ2n) is 6.19. The smallest absolute Gasteiger partial charge is 0.340 e. The van der Waals surface area contributed by atoms with Crippen LogP contribution in [0.3, 0.4) is 0 Å². The topological polar surface area (TPSA) is 77.2 Å². The molecule has 3 aromatic rings. The van der Waals surface area contributed by atoms with E-state index in [0.29, 0.717) is 12.1 Å². The number of carbonyl (C=O) groups is 1. The zero-order chi connectivity index (χ0) is 20.3. The maximum absolute atomic E-state index is 14.3. The van der Waals surface area contributed by atoms with Gasteiger partial charge in [0.25, 0.3) is 11.5 Å². The molecule has 0 saturated carbocycles. The standard InChI is InChI=1S/C20H19FN4O3/c1-3-23(2)18(26)17-19(27)24(13-14-9-5-4-6-10-14)20(28)25(22-17)16-12-8-7-11-15(16)21/h4-12H,3,13H2,1-2H3. The van der Waals surface area contributed by atoms with Gasteiger partial charge in [-0.2, -0.15) is 9.78 Å².